The van der Waals surface area contributed by atoms with Crippen LogP contribution in [0.2, 0.25) is 0 Å². The van der Waals surface area contributed by atoms with Gasteiger partial charge in [0.1, 0.15) is 11.6 Å². The molecule has 0 radical (unpaired) electrons. The van der Waals surface area contributed by atoms with Gasteiger partial charge in [0.15, 0.2) is 11.6 Å². The SMILES string of the molecule is COc1cc(N2CCC(CN3CCNCC3)CC2)c(F)cc1[C@@H]1N(c2cccc(F)c2O)C(=O)C12CCOCC2. The van der Waals surface area contributed by atoms with Gasteiger partial charge in [0.05, 0.1) is 29.9 Å². The summed E-state index contributed by atoms with van der Waals surface area (Å²) in [6.45, 7) is 7.65. The van der Waals surface area contributed by atoms with Gasteiger partial charge in [-0.3, -0.25) is 9.69 Å². The van der Waals surface area contributed by atoms with Gasteiger partial charge in [-0.1, -0.05) is 6.07 Å². The first-order valence-electron chi connectivity index (χ1n) is 14.4. The second kappa shape index (κ2) is 11.1. The van der Waals surface area contributed by atoms with Crippen LogP contribution in [-0.4, -0.2) is 82.1 Å². The Bertz CT molecular complexity index is 1240. The minimum Gasteiger partial charge on any atom is -0.503 e. The number of halogens is 2. The number of phenolic OH excluding ortho intramolecular Hbond substituents is 1. The fraction of sp³-hybridized carbons (Fsp3) is 0.567. The third kappa shape index (κ3) is 4.69. The summed E-state index contributed by atoms with van der Waals surface area (Å²) < 4.78 is 41.6. The average molecular weight is 557 g/mol. The molecule has 2 aromatic carbocycles. The molecule has 2 aromatic rings. The van der Waals surface area contributed by atoms with Gasteiger partial charge in [-0.05, 0) is 49.8 Å². The number of hydrogen-bond donors (Lipinski definition) is 2. The zero-order valence-corrected chi connectivity index (χ0v) is 23.0. The first-order valence-corrected chi connectivity index (χ1v) is 14.4. The van der Waals surface area contributed by atoms with E-state index in [1.165, 1.54) is 23.1 Å². The van der Waals surface area contributed by atoms with Crippen LogP contribution >= 0.6 is 0 Å². The Labute approximate surface area is 233 Å². The number of nitrogens with one attached hydrogen (secondary N) is 1. The van der Waals surface area contributed by atoms with E-state index in [0.717, 1.165) is 64.7 Å². The number of rotatable bonds is 6. The standard InChI is InChI=1S/C30H38F2N4O4/c1-39-26-18-25(35-11-5-20(6-12-35)19-34-13-9-33-10-14-34)23(32)17-21(26)28-30(7-15-40-16-8-30)29(38)36(28)24-4-2-3-22(31)27(24)37/h2-4,17-18,20,28,33,37H,5-16,19H2,1H3/t28-/m0/s1. The highest BCUT2D eigenvalue weighted by Gasteiger charge is 2.63. The number of nitrogens with zero attached hydrogens (tertiary/aromatic N) is 3. The van der Waals surface area contributed by atoms with E-state index in [1.54, 1.807) is 13.2 Å². The van der Waals surface area contributed by atoms with Crippen LogP contribution in [-0.2, 0) is 9.53 Å². The molecule has 2 N–H and O–H groups in total. The van der Waals surface area contributed by atoms with Crippen LogP contribution < -0.4 is 19.9 Å². The topological polar surface area (TPSA) is 77.5 Å². The van der Waals surface area contributed by atoms with Crippen LogP contribution in [0.5, 0.6) is 11.5 Å². The molecule has 216 valence electrons. The van der Waals surface area contributed by atoms with Gasteiger partial charge in [0.2, 0.25) is 5.91 Å². The number of benzene rings is 2. The molecule has 8 nitrogen and oxygen atoms in total. The highest BCUT2D eigenvalue weighted by atomic mass is 19.1. The Morgan fingerprint density at radius 3 is 2.48 bits per heavy atom. The summed E-state index contributed by atoms with van der Waals surface area (Å²) in [4.78, 5) is 19.6. The molecule has 40 heavy (non-hydrogen) atoms. The number of para-hydroxylation sites is 1. The number of hydrogen-bond acceptors (Lipinski definition) is 7. The van der Waals surface area contributed by atoms with E-state index >= 15 is 4.39 Å². The summed E-state index contributed by atoms with van der Waals surface area (Å²) >= 11 is 0. The Hall–Kier alpha value is -2.95. The highest BCUT2D eigenvalue weighted by molar-refractivity contribution is 6.07. The van der Waals surface area contributed by atoms with Crippen molar-refractivity contribution in [3.05, 3.63) is 47.5 Å². The maximum atomic E-state index is 15.9. The number of carbonyl (C=O) groups is 1. The molecule has 1 amide bonds. The minimum atomic E-state index is -0.833. The van der Waals surface area contributed by atoms with Crippen molar-refractivity contribution >= 4 is 17.3 Å². The Morgan fingerprint density at radius 1 is 1.05 bits per heavy atom. The molecule has 10 heteroatoms. The minimum absolute atomic E-state index is 0.0743. The van der Waals surface area contributed by atoms with Crippen molar-refractivity contribution in [3.8, 4) is 11.5 Å². The summed E-state index contributed by atoms with van der Waals surface area (Å²) in [7, 11) is 1.54. The van der Waals surface area contributed by atoms with Crippen molar-refractivity contribution in [1.29, 1.82) is 0 Å². The molecule has 0 bridgehead atoms. The largest absolute Gasteiger partial charge is 0.503 e. The first-order chi connectivity index (χ1) is 19.4. The molecule has 4 saturated heterocycles. The fourth-order valence-electron chi connectivity index (χ4n) is 7.07. The lowest BCUT2D eigenvalue weighted by Crippen LogP contribution is -2.65. The van der Waals surface area contributed by atoms with E-state index in [9.17, 15) is 14.3 Å². The van der Waals surface area contributed by atoms with Crippen LogP contribution in [0, 0.1) is 23.0 Å². The second-order valence-corrected chi connectivity index (χ2v) is 11.5. The molecule has 4 aliphatic heterocycles. The van der Waals surface area contributed by atoms with E-state index < -0.39 is 23.0 Å². The Kier molecular flexibility index (Phi) is 7.58. The normalized spacial score (nSPS) is 23.9. The van der Waals surface area contributed by atoms with Crippen molar-refractivity contribution in [2.24, 2.45) is 11.3 Å². The number of anilines is 2. The number of aromatic hydroxyl groups is 1. The van der Waals surface area contributed by atoms with Gasteiger partial charge in [-0.15, -0.1) is 0 Å². The fourth-order valence-corrected chi connectivity index (χ4v) is 7.07. The van der Waals surface area contributed by atoms with Crippen LogP contribution in [0.15, 0.2) is 30.3 Å². The van der Waals surface area contributed by atoms with Gasteiger partial charge in [-0.25, -0.2) is 8.78 Å². The monoisotopic (exact) mass is 556 g/mol. The third-order valence-electron chi connectivity index (χ3n) is 9.31. The molecule has 0 aliphatic carbocycles. The second-order valence-electron chi connectivity index (χ2n) is 11.5. The van der Waals surface area contributed by atoms with Crippen LogP contribution in [0.3, 0.4) is 0 Å². The number of methoxy groups -OCH3 is 1. The van der Waals surface area contributed by atoms with E-state index in [0.29, 0.717) is 49.0 Å². The van der Waals surface area contributed by atoms with E-state index in [-0.39, 0.29) is 17.4 Å². The Morgan fingerprint density at radius 2 is 1.77 bits per heavy atom. The van der Waals surface area contributed by atoms with Crippen molar-refractivity contribution in [3.63, 3.8) is 0 Å². The van der Waals surface area contributed by atoms with Gasteiger partial charge in [-0.2, -0.15) is 0 Å². The average Bonchev–Trinajstić information content (AvgIpc) is 2.99. The third-order valence-corrected chi connectivity index (χ3v) is 9.31. The van der Waals surface area contributed by atoms with Gasteiger partial charge in [0.25, 0.3) is 0 Å². The molecule has 0 unspecified atom stereocenters. The number of amides is 1. The quantitative estimate of drug-likeness (QED) is 0.526. The number of β-lactam (4-membered cyclic amide) rings is 1. The first kappa shape index (κ1) is 27.2. The van der Waals surface area contributed by atoms with E-state index in [4.69, 9.17) is 9.47 Å². The molecular formula is C30H38F2N4O4. The lowest BCUT2D eigenvalue weighted by molar-refractivity contribution is -0.149. The summed E-state index contributed by atoms with van der Waals surface area (Å²) in [5.41, 5.74) is 0.251. The molecule has 4 fully saturated rings. The summed E-state index contributed by atoms with van der Waals surface area (Å²) in [5, 5.41) is 13.9. The number of ether oxygens (including phenoxy) is 2. The van der Waals surface area contributed by atoms with E-state index in [2.05, 4.69) is 15.1 Å². The maximum absolute atomic E-state index is 15.9. The van der Waals surface area contributed by atoms with Crippen molar-refractivity contribution in [1.82, 2.24) is 10.2 Å². The molecule has 4 heterocycles. The van der Waals surface area contributed by atoms with Gasteiger partial charge < -0.3 is 29.7 Å². The number of carbonyl (C=O) groups excluding carboxylic acids is 1. The lowest BCUT2D eigenvalue weighted by atomic mass is 9.62. The lowest BCUT2D eigenvalue weighted by Gasteiger charge is -2.57. The molecule has 1 spiro atoms. The van der Waals surface area contributed by atoms with Crippen LogP contribution in [0.25, 0.3) is 0 Å². The smallest absolute Gasteiger partial charge is 0.236 e. The summed E-state index contributed by atoms with van der Waals surface area (Å²) in [5.74, 6) is -0.932. The molecule has 0 aromatic heterocycles. The number of phenols is 1. The summed E-state index contributed by atoms with van der Waals surface area (Å²) in [6.07, 6.45) is 2.91. The number of piperidine rings is 1. The summed E-state index contributed by atoms with van der Waals surface area (Å²) in [6, 6.07) is 6.69. The molecule has 4 aliphatic rings. The zero-order valence-electron chi connectivity index (χ0n) is 23.0. The van der Waals surface area contributed by atoms with Crippen molar-refractivity contribution < 1.29 is 28.2 Å². The van der Waals surface area contributed by atoms with Gasteiger partial charge in [0, 0.05) is 70.7 Å². The van der Waals surface area contributed by atoms with Gasteiger partial charge >= 0.3 is 0 Å². The molecule has 1 atom stereocenters. The molecule has 6 rings (SSSR count). The van der Waals surface area contributed by atoms with Crippen molar-refractivity contribution in [2.45, 2.75) is 31.7 Å². The number of piperazine rings is 1. The molecule has 0 saturated carbocycles. The predicted molar refractivity (Wildman–Crippen MR) is 148 cm³/mol. The van der Waals surface area contributed by atoms with Crippen molar-refractivity contribution in [2.75, 3.05) is 75.9 Å². The Balaban J connectivity index is 1.28. The van der Waals surface area contributed by atoms with Crippen LogP contribution in [0.4, 0.5) is 20.2 Å². The zero-order chi connectivity index (χ0) is 27.9. The van der Waals surface area contributed by atoms with E-state index in [1.807, 2.05) is 0 Å². The van der Waals surface area contributed by atoms with Crippen LogP contribution in [0.1, 0.15) is 37.3 Å². The highest BCUT2D eigenvalue weighted by Crippen LogP contribution is 2.60. The maximum Gasteiger partial charge on any atom is 0.236 e. The molecular weight excluding hydrogens is 518 g/mol. The predicted octanol–water partition coefficient (Wildman–Crippen LogP) is 3.69.